The van der Waals surface area contributed by atoms with Gasteiger partial charge < -0.3 is 14.5 Å². The summed E-state index contributed by atoms with van der Waals surface area (Å²) in [6, 6.07) is 8.76. The molecule has 0 N–H and O–H groups in total. The fraction of sp³-hybridized carbons (Fsp3) is 0.652. The predicted octanol–water partition coefficient (Wildman–Crippen LogP) is 3.83. The minimum atomic E-state index is -0.00865. The maximum absolute atomic E-state index is 12.9. The fourth-order valence-electron chi connectivity index (χ4n) is 4.12. The Hall–Kier alpha value is -1.53. The summed E-state index contributed by atoms with van der Waals surface area (Å²) < 4.78 is 4.96. The summed E-state index contributed by atoms with van der Waals surface area (Å²) in [5.74, 6) is 0.731. The van der Waals surface area contributed by atoms with E-state index in [1.807, 2.05) is 11.8 Å². The van der Waals surface area contributed by atoms with E-state index in [0.29, 0.717) is 5.92 Å². The Morgan fingerprint density at radius 1 is 1.17 bits per heavy atom. The van der Waals surface area contributed by atoms with Gasteiger partial charge in [-0.1, -0.05) is 45.0 Å². The Kier molecular flexibility index (Phi) is 6.94. The van der Waals surface area contributed by atoms with Crippen molar-refractivity contribution in [3.05, 3.63) is 35.4 Å². The molecule has 3 rings (SSSR count). The Bertz CT molecular complexity index is 721. The number of amides is 2. The van der Waals surface area contributed by atoms with Crippen molar-refractivity contribution in [1.82, 2.24) is 9.80 Å². The summed E-state index contributed by atoms with van der Waals surface area (Å²) in [6.07, 6.45) is 1.88. The first-order chi connectivity index (χ1) is 13.7. The first-order valence-corrected chi connectivity index (χ1v) is 11.5. The first kappa shape index (κ1) is 22.2. The standard InChI is InChI=1S/C23H34N2O3S/c1-16-21(27)25(14-17-10-12-24(13-11-17)20(26)15-28-5)22(29-16)18-6-8-19(9-7-18)23(2,3)4/h6-9,16-17,22H,10-15H2,1-5H3/t16-,22-/m1/s1. The van der Waals surface area contributed by atoms with Crippen LogP contribution in [0, 0.1) is 5.92 Å². The third-order valence-corrected chi connectivity index (χ3v) is 7.39. The van der Waals surface area contributed by atoms with E-state index in [2.05, 4.69) is 49.9 Å². The number of ether oxygens (including phenoxy) is 1. The molecule has 0 spiro atoms. The van der Waals surface area contributed by atoms with Gasteiger partial charge in [0.2, 0.25) is 11.8 Å². The van der Waals surface area contributed by atoms with Gasteiger partial charge in [0.25, 0.3) is 0 Å². The number of benzene rings is 1. The van der Waals surface area contributed by atoms with Gasteiger partial charge in [0.15, 0.2) is 0 Å². The second-order valence-corrected chi connectivity index (χ2v) is 10.7. The van der Waals surface area contributed by atoms with Crippen molar-refractivity contribution in [3.8, 4) is 0 Å². The lowest BCUT2D eigenvalue weighted by Gasteiger charge is -2.35. The van der Waals surface area contributed by atoms with Crippen LogP contribution in [-0.2, 0) is 19.7 Å². The molecule has 0 saturated carbocycles. The Morgan fingerprint density at radius 2 is 1.79 bits per heavy atom. The van der Waals surface area contributed by atoms with E-state index in [4.69, 9.17) is 4.74 Å². The van der Waals surface area contributed by atoms with Gasteiger partial charge in [-0.25, -0.2) is 0 Å². The molecule has 6 heteroatoms. The molecule has 160 valence electrons. The summed E-state index contributed by atoms with van der Waals surface area (Å²) >= 11 is 1.74. The lowest BCUT2D eigenvalue weighted by Crippen LogP contribution is -2.43. The van der Waals surface area contributed by atoms with Crippen molar-refractivity contribution in [1.29, 1.82) is 0 Å². The van der Waals surface area contributed by atoms with E-state index >= 15 is 0 Å². The number of thioether (sulfide) groups is 1. The second-order valence-electron chi connectivity index (χ2n) is 9.25. The molecule has 1 aromatic carbocycles. The van der Waals surface area contributed by atoms with E-state index in [-0.39, 0.29) is 34.5 Å². The highest BCUT2D eigenvalue weighted by molar-refractivity contribution is 8.01. The van der Waals surface area contributed by atoms with Gasteiger partial charge in [-0.3, -0.25) is 9.59 Å². The molecule has 0 radical (unpaired) electrons. The highest BCUT2D eigenvalue weighted by atomic mass is 32.2. The number of nitrogens with zero attached hydrogens (tertiary/aromatic N) is 2. The van der Waals surface area contributed by atoms with Crippen LogP contribution in [0.3, 0.4) is 0 Å². The number of carbonyl (C=O) groups is 2. The SMILES string of the molecule is COCC(=O)N1CCC(CN2C(=O)[C@@H](C)S[C@@H]2c2ccc(C(C)(C)C)cc2)CC1. The van der Waals surface area contributed by atoms with Crippen LogP contribution in [0.4, 0.5) is 0 Å². The predicted molar refractivity (Wildman–Crippen MR) is 118 cm³/mol. The zero-order valence-corrected chi connectivity index (χ0v) is 19.1. The summed E-state index contributed by atoms with van der Waals surface area (Å²) in [5, 5.41) is 0.0744. The number of piperidine rings is 1. The van der Waals surface area contributed by atoms with Crippen molar-refractivity contribution in [2.45, 2.75) is 56.6 Å². The summed E-state index contributed by atoms with van der Waals surface area (Å²) in [4.78, 5) is 28.8. The van der Waals surface area contributed by atoms with Crippen molar-refractivity contribution in [3.63, 3.8) is 0 Å². The van der Waals surface area contributed by atoms with Gasteiger partial charge in [0, 0.05) is 26.7 Å². The van der Waals surface area contributed by atoms with Crippen LogP contribution in [0.2, 0.25) is 0 Å². The number of hydrogen-bond acceptors (Lipinski definition) is 4. The van der Waals surface area contributed by atoms with Crippen molar-refractivity contribution >= 4 is 23.6 Å². The van der Waals surface area contributed by atoms with Crippen LogP contribution >= 0.6 is 11.8 Å². The molecule has 2 atom stereocenters. The Balaban J connectivity index is 1.66. The molecular weight excluding hydrogens is 384 g/mol. The van der Waals surface area contributed by atoms with E-state index in [1.165, 1.54) is 11.1 Å². The van der Waals surface area contributed by atoms with Crippen LogP contribution in [0.1, 0.15) is 57.0 Å². The summed E-state index contributed by atoms with van der Waals surface area (Å²) in [5.41, 5.74) is 2.63. The molecule has 0 aliphatic carbocycles. The van der Waals surface area contributed by atoms with Crippen LogP contribution in [0.15, 0.2) is 24.3 Å². The monoisotopic (exact) mass is 418 g/mol. The Labute approximate surface area is 179 Å². The first-order valence-electron chi connectivity index (χ1n) is 10.5. The second kappa shape index (κ2) is 9.09. The molecular formula is C23H34N2O3S. The highest BCUT2D eigenvalue weighted by Crippen LogP contribution is 2.44. The van der Waals surface area contributed by atoms with E-state index in [0.717, 1.165) is 32.5 Å². The number of likely N-dealkylation sites (tertiary alicyclic amines) is 1. The molecule has 0 bridgehead atoms. The minimum absolute atomic E-state index is 0.00865. The van der Waals surface area contributed by atoms with Crippen LogP contribution in [0.25, 0.3) is 0 Å². The zero-order valence-electron chi connectivity index (χ0n) is 18.3. The van der Waals surface area contributed by atoms with Gasteiger partial charge in [0.05, 0.1) is 5.25 Å². The third-order valence-electron chi connectivity index (χ3n) is 6.00. The molecule has 2 aliphatic rings. The van der Waals surface area contributed by atoms with Crippen LogP contribution in [0.5, 0.6) is 0 Å². The normalized spacial score (nSPS) is 23.7. The van der Waals surface area contributed by atoms with Gasteiger partial charge in [-0.05, 0) is 42.2 Å². The Morgan fingerprint density at radius 3 is 2.34 bits per heavy atom. The average Bonchev–Trinajstić information content (AvgIpc) is 2.96. The lowest BCUT2D eigenvalue weighted by atomic mass is 9.86. The molecule has 1 aromatic rings. The fourth-order valence-corrected chi connectivity index (χ4v) is 5.41. The quantitative estimate of drug-likeness (QED) is 0.729. The smallest absolute Gasteiger partial charge is 0.248 e. The zero-order chi connectivity index (χ0) is 21.2. The largest absolute Gasteiger partial charge is 0.375 e. The number of hydrogen-bond donors (Lipinski definition) is 0. The number of methoxy groups -OCH3 is 1. The topological polar surface area (TPSA) is 49.9 Å². The van der Waals surface area contributed by atoms with Gasteiger partial charge in [-0.2, -0.15) is 0 Å². The third kappa shape index (κ3) is 5.15. The molecule has 2 aliphatic heterocycles. The minimum Gasteiger partial charge on any atom is -0.375 e. The van der Waals surface area contributed by atoms with Gasteiger partial charge in [-0.15, -0.1) is 11.8 Å². The van der Waals surface area contributed by atoms with Crippen LogP contribution in [-0.4, -0.2) is 60.2 Å². The van der Waals surface area contributed by atoms with Crippen LogP contribution < -0.4 is 0 Å². The highest BCUT2D eigenvalue weighted by Gasteiger charge is 2.40. The summed E-state index contributed by atoms with van der Waals surface area (Å²) in [7, 11) is 1.55. The molecule has 5 nitrogen and oxygen atoms in total. The van der Waals surface area contributed by atoms with Gasteiger partial charge >= 0.3 is 0 Å². The van der Waals surface area contributed by atoms with E-state index in [1.54, 1.807) is 18.9 Å². The molecule has 2 heterocycles. The van der Waals surface area contributed by atoms with Crippen molar-refractivity contribution in [2.75, 3.05) is 33.4 Å². The van der Waals surface area contributed by atoms with Crippen molar-refractivity contribution < 1.29 is 14.3 Å². The maximum atomic E-state index is 12.9. The molecule has 29 heavy (non-hydrogen) atoms. The molecule has 2 saturated heterocycles. The van der Waals surface area contributed by atoms with Crippen molar-refractivity contribution in [2.24, 2.45) is 5.92 Å². The maximum Gasteiger partial charge on any atom is 0.248 e. The molecule has 2 fully saturated rings. The number of carbonyl (C=O) groups excluding carboxylic acids is 2. The van der Waals surface area contributed by atoms with E-state index < -0.39 is 0 Å². The number of rotatable bonds is 5. The average molecular weight is 419 g/mol. The van der Waals surface area contributed by atoms with Gasteiger partial charge in [0.1, 0.15) is 12.0 Å². The molecule has 0 unspecified atom stereocenters. The molecule has 0 aromatic heterocycles. The van der Waals surface area contributed by atoms with E-state index in [9.17, 15) is 9.59 Å². The lowest BCUT2D eigenvalue weighted by molar-refractivity contribution is -0.137. The summed E-state index contributed by atoms with van der Waals surface area (Å²) in [6.45, 7) is 11.1. The molecule has 2 amide bonds.